The molecule has 1 aromatic rings. The Morgan fingerprint density at radius 2 is 1.90 bits per heavy atom. The number of amides is 1. The van der Waals surface area contributed by atoms with Gasteiger partial charge in [-0.05, 0) is 62.6 Å². The number of carbonyl (C=O) groups is 1. The van der Waals surface area contributed by atoms with E-state index < -0.39 is 17.4 Å². The molecule has 29 heavy (non-hydrogen) atoms. The average Bonchev–Trinajstić information content (AvgIpc) is 2.63. The summed E-state index contributed by atoms with van der Waals surface area (Å²) >= 11 is 5.79. The molecule has 160 valence electrons. The van der Waals surface area contributed by atoms with Crippen LogP contribution in [0.1, 0.15) is 63.2 Å². The first kappa shape index (κ1) is 22.2. The molecular formula is C23H31ClF2N2O. The van der Waals surface area contributed by atoms with E-state index in [1.54, 1.807) is 0 Å². The van der Waals surface area contributed by atoms with E-state index in [4.69, 9.17) is 11.6 Å². The molecule has 3 rings (SSSR count). The third-order valence-electron chi connectivity index (χ3n) is 6.51. The van der Waals surface area contributed by atoms with Crippen LogP contribution in [0.15, 0.2) is 29.3 Å². The summed E-state index contributed by atoms with van der Waals surface area (Å²) < 4.78 is 28.7. The lowest BCUT2D eigenvalue weighted by molar-refractivity contribution is 0.0556. The number of rotatable bonds is 5. The van der Waals surface area contributed by atoms with Crippen LogP contribution in [0.25, 0.3) is 0 Å². The van der Waals surface area contributed by atoms with Crippen LogP contribution in [0.5, 0.6) is 0 Å². The van der Waals surface area contributed by atoms with Gasteiger partial charge >= 0.3 is 0 Å². The van der Waals surface area contributed by atoms with Gasteiger partial charge in [-0.15, -0.1) is 0 Å². The second kappa shape index (κ2) is 8.73. The summed E-state index contributed by atoms with van der Waals surface area (Å²) in [5, 5.41) is 2.76. The third-order valence-corrected chi connectivity index (χ3v) is 6.73. The molecule has 0 spiro atoms. The van der Waals surface area contributed by atoms with Gasteiger partial charge < -0.3 is 5.32 Å². The zero-order chi connectivity index (χ0) is 21.2. The molecule has 1 saturated heterocycles. The Kier molecular flexibility index (Phi) is 6.69. The lowest BCUT2D eigenvalue weighted by atomic mass is 9.72. The highest BCUT2D eigenvalue weighted by atomic mass is 35.5. The summed E-state index contributed by atoms with van der Waals surface area (Å²) in [7, 11) is 0. The van der Waals surface area contributed by atoms with Crippen molar-refractivity contribution in [1.29, 1.82) is 0 Å². The molecule has 1 aliphatic carbocycles. The number of hydrogen-bond acceptors (Lipinski definition) is 2. The second-order valence-electron chi connectivity index (χ2n) is 9.26. The lowest BCUT2D eigenvalue weighted by Gasteiger charge is -2.41. The molecule has 2 aliphatic rings. The average molecular weight is 425 g/mol. The Morgan fingerprint density at radius 1 is 1.21 bits per heavy atom. The van der Waals surface area contributed by atoms with Gasteiger partial charge in [0.1, 0.15) is 11.5 Å². The summed E-state index contributed by atoms with van der Waals surface area (Å²) in [4.78, 5) is 14.6. The van der Waals surface area contributed by atoms with E-state index in [0.717, 1.165) is 25.1 Å². The Bertz CT molecular complexity index is 778. The van der Waals surface area contributed by atoms with Crippen molar-refractivity contribution in [3.8, 4) is 0 Å². The summed E-state index contributed by atoms with van der Waals surface area (Å²) in [6, 6.07) is 3.63. The van der Waals surface area contributed by atoms with Crippen molar-refractivity contribution in [2.75, 3.05) is 26.2 Å². The Balaban J connectivity index is 1.53. The van der Waals surface area contributed by atoms with E-state index in [2.05, 4.69) is 31.0 Å². The predicted molar refractivity (Wildman–Crippen MR) is 114 cm³/mol. The van der Waals surface area contributed by atoms with E-state index in [-0.39, 0.29) is 22.5 Å². The molecule has 6 heteroatoms. The predicted octanol–water partition coefficient (Wildman–Crippen LogP) is 5.54. The largest absolute Gasteiger partial charge is 0.349 e. The number of allylic oxidation sites excluding steroid dienone is 1. The number of piperidine rings is 1. The van der Waals surface area contributed by atoms with Gasteiger partial charge in [0.25, 0.3) is 5.91 Å². The fourth-order valence-corrected chi connectivity index (χ4v) is 4.78. The molecule has 1 amide bonds. The van der Waals surface area contributed by atoms with Crippen molar-refractivity contribution in [3.63, 3.8) is 0 Å². The number of alkyl halides is 1. The minimum atomic E-state index is -1.44. The second-order valence-corrected chi connectivity index (χ2v) is 9.70. The minimum Gasteiger partial charge on any atom is -0.349 e. The first-order valence-electron chi connectivity index (χ1n) is 10.4. The van der Waals surface area contributed by atoms with Crippen LogP contribution >= 0.6 is 11.6 Å². The number of benzene rings is 1. The molecule has 1 heterocycles. The molecule has 1 aliphatic heterocycles. The van der Waals surface area contributed by atoms with E-state index in [9.17, 15) is 9.18 Å². The topological polar surface area (TPSA) is 32.3 Å². The zero-order valence-electron chi connectivity index (χ0n) is 17.6. The third kappa shape index (κ3) is 5.58. The molecule has 3 nitrogen and oxygen atoms in total. The van der Waals surface area contributed by atoms with Crippen LogP contribution in [0.2, 0.25) is 5.02 Å². The molecule has 0 atom stereocenters. The monoisotopic (exact) mass is 424 g/mol. The number of nitrogens with one attached hydrogen (secondary N) is 1. The van der Waals surface area contributed by atoms with Crippen molar-refractivity contribution >= 4 is 17.5 Å². The molecule has 1 aromatic carbocycles. The minimum absolute atomic E-state index is 0.0684. The summed E-state index contributed by atoms with van der Waals surface area (Å²) in [5.74, 6) is -1.09. The molecule has 1 fully saturated rings. The normalized spacial score (nSPS) is 21.9. The van der Waals surface area contributed by atoms with Crippen LogP contribution in [0.4, 0.5) is 8.78 Å². The Labute approximate surface area is 177 Å². The summed E-state index contributed by atoms with van der Waals surface area (Å²) in [6.45, 7) is 9.03. The van der Waals surface area contributed by atoms with E-state index in [0.29, 0.717) is 25.9 Å². The van der Waals surface area contributed by atoms with Gasteiger partial charge in [-0.25, -0.2) is 8.78 Å². The smallest absolute Gasteiger partial charge is 0.251 e. The molecule has 0 unspecified atom stereocenters. The van der Waals surface area contributed by atoms with E-state index >= 15 is 4.39 Å². The van der Waals surface area contributed by atoms with Crippen molar-refractivity contribution in [2.45, 2.75) is 58.5 Å². The van der Waals surface area contributed by atoms with Crippen LogP contribution in [-0.2, 0) is 0 Å². The maximum Gasteiger partial charge on any atom is 0.251 e. The van der Waals surface area contributed by atoms with Crippen LogP contribution in [0.3, 0.4) is 0 Å². The van der Waals surface area contributed by atoms with Crippen molar-refractivity contribution in [3.05, 3.63) is 45.7 Å². The Hall–Kier alpha value is -1.46. The standard InChI is InChI=1S/C23H31ClF2N2O/c1-16-5-4-6-22(2,3)20(16)14-28-9-7-23(26,8-10-28)15-27-21(29)17-11-18(24)13-19(25)12-17/h11-13H,4-10,14-15H2,1-3H3,(H,27,29). The first-order valence-corrected chi connectivity index (χ1v) is 10.8. The number of carbonyl (C=O) groups excluding carboxylic acids is 1. The highest BCUT2D eigenvalue weighted by molar-refractivity contribution is 6.31. The number of nitrogens with zero attached hydrogens (tertiary/aromatic N) is 1. The summed E-state index contributed by atoms with van der Waals surface area (Å²) in [6.07, 6.45) is 4.37. The van der Waals surface area contributed by atoms with Crippen LogP contribution in [-0.4, -0.2) is 42.7 Å². The van der Waals surface area contributed by atoms with Gasteiger partial charge in [0.15, 0.2) is 0 Å². The SMILES string of the molecule is CC1=C(CN2CCC(F)(CNC(=O)c3cc(F)cc(Cl)c3)CC2)C(C)(C)CCC1. The lowest BCUT2D eigenvalue weighted by Crippen LogP contribution is -2.49. The van der Waals surface area contributed by atoms with Crippen LogP contribution < -0.4 is 5.32 Å². The fraction of sp³-hybridized carbons (Fsp3) is 0.609. The van der Waals surface area contributed by atoms with Crippen molar-refractivity contribution in [2.24, 2.45) is 5.41 Å². The Morgan fingerprint density at radius 3 is 2.52 bits per heavy atom. The van der Waals surface area contributed by atoms with E-state index in [1.807, 2.05) is 0 Å². The molecular weight excluding hydrogens is 394 g/mol. The van der Waals surface area contributed by atoms with Gasteiger partial charge in [0.2, 0.25) is 0 Å². The molecule has 0 bridgehead atoms. The highest BCUT2D eigenvalue weighted by Crippen LogP contribution is 2.41. The van der Waals surface area contributed by atoms with Crippen LogP contribution in [0, 0.1) is 11.2 Å². The van der Waals surface area contributed by atoms with Gasteiger partial charge in [0, 0.05) is 30.2 Å². The summed E-state index contributed by atoms with van der Waals surface area (Å²) in [5.41, 5.74) is 1.88. The van der Waals surface area contributed by atoms with E-state index in [1.165, 1.54) is 30.1 Å². The zero-order valence-corrected chi connectivity index (χ0v) is 18.3. The maximum atomic E-state index is 15.2. The molecule has 0 saturated carbocycles. The first-order chi connectivity index (χ1) is 13.6. The number of halogens is 3. The number of likely N-dealkylation sites (tertiary alicyclic amines) is 1. The van der Waals surface area contributed by atoms with Crippen molar-refractivity contribution < 1.29 is 13.6 Å². The quantitative estimate of drug-likeness (QED) is 0.629. The fourth-order valence-electron chi connectivity index (χ4n) is 4.56. The molecule has 1 N–H and O–H groups in total. The van der Waals surface area contributed by atoms with Crippen molar-refractivity contribution in [1.82, 2.24) is 10.2 Å². The van der Waals surface area contributed by atoms with Gasteiger partial charge in [0.05, 0.1) is 6.54 Å². The van der Waals surface area contributed by atoms with Gasteiger partial charge in [-0.3, -0.25) is 9.69 Å². The van der Waals surface area contributed by atoms with Gasteiger partial charge in [-0.2, -0.15) is 0 Å². The maximum absolute atomic E-state index is 15.2. The molecule has 0 radical (unpaired) electrons. The number of hydrogen-bond donors (Lipinski definition) is 1. The van der Waals surface area contributed by atoms with Gasteiger partial charge in [-0.1, -0.05) is 36.6 Å². The highest BCUT2D eigenvalue weighted by Gasteiger charge is 2.37. The molecule has 0 aromatic heterocycles.